The Bertz CT molecular complexity index is 115. The van der Waals surface area contributed by atoms with Crippen LogP contribution in [0.4, 0.5) is 13.2 Å². The second-order valence-corrected chi connectivity index (χ2v) is 2.84. The maximum absolute atomic E-state index is 11.3. The molecule has 0 fully saturated rings. The van der Waals surface area contributed by atoms with E-state index in [0.29, 0.717) is 0 Å². The Morgan fingerprint density at radius 1 is 0.900 bits per heavy atom. The highest BCUT2D eigenvalue weighted by Gasteiger charge is 2.27. The first-order valence-electron chi connectivity index (χ1n) is 2.71. The third-order valence-corrected chi connectivity index (χ3v) is 0.463. The molecule has 0 atom stereocenters. The lowest BCUT2D eigenvalue weighted by molar-refractivity contribution is -0.127. The zero-order chi connectivity index (χ0) is 8.41. The molecule has 10 heavy (non-hydrogen) atoms. The van der Waals surface area contributed by atoms with Crippen LogP contribution in [0.1, 0.15) is 20.8 Å². The largest absolute Gasteiger partial charge is 0.520 e. The molecular formula is C5H9F3N2. The van der Waals surface area contributed by atoms with Gasteiger partial charge in [-0.15, -0.1) is 13.2 Å². The van der Waals surface area contributed by atoms with Crippen molar-refractivity contribution in [3.8, 4) is 0 Å². The minimum Gasteiger partial charge on any atom is -0.180 e. The van der Waals surface area contributed by atoms with Crippen LogP contribution in [0.15, 0.2) is 10.2 Å². The van der Waals surface area contributed by atoms with Crippen molar-refractivity contribution < 1.29 is 13.2 Å². The highest BCUT2D eigenvalue weighted by atomic mass is 19.4. The summed E-state index contributed by atoms with van der Waals surface area (Å²) in [7, 11) is 0. The van der Waals surface area contributed by atoms with Crippen LogP contribution in [-0.2, 0) is 0 Å². The average molecular weight is 154 g/mol. The summed E-state index contributed by atoms with van der Waals surface area (Å²) >= 11 is 0. The molecule has 0 amide bonds. The molecule has 0 radical (unpaired) electrons. The fourth-order valence-electron chi connectivity index (χ4n) is 0.207. The van der Waals surface area contributed by atoms with Gasteiger partial charge in [-0.2, -0.15) is 5.11 Å². The third kappa shape index (κ3) is 7.39. The fourth-order valence-corrected chi connectivity index (χ4v) is 0.207. The molecule has 60 valence electrons. The van der Waals surface area contributed by atoms with Crippen LogP contribution in [0.5, 0.6) is 0 Å². The van der Waals surface area contributed by atoms with E-state index in [9.17, 15) is 13.2 Å². The summed E-state index contributed by atoms with van der Waals surface area (Å²) in [6.07, 6.45) is -4.53. The van der Waals surface area contributed by atoms with Crippen LogP contribution in [0.25, 0.3) is 0 Å². The Morgan fingerprint density at radius 3 is 1.40 bits per heavy atom. The maximum atomic E-state index is 11.3. The molecule has 0 aliphatic rings. The average Bonchev–Trinajstić information content (AvgIpc) is 1.57. The normalized spacial score (nSPS) is 14.6. The summed E-state index contributed by atoms with van der Waals surface area (Å²) in [4.78, 5) is 0. The number of alkyl halides is 3. The van der Waals surface area contributed by atoms with Crippen molar-refractivity contribution in [3.05, 3.63) is 0 Å². The van der Waals surface area contributed by atoms with Gasteiger partial charge in [0.2, 0.25) is 0 Å². The smallest absolute Gasteiger partial charge is 0.180 e. The van der Waals surface area contributed by atoms with Crippen LogP contribution in [0, 0.1) is 0 Å². The minimum absolute atomic E-state index is 0.754. The van der Waals surface area contributed by atoms with E-state index in [1.165, 1.54) is 0 Å². The standard InChI is InChI=1S/C5H9F3N2/c1-4(2,3)9-10-5(6,7)8/h1-3H3. The van der Waals surface area contributed by atoms with Gasteiger partial charge in [0, 0.05) is 0 Å². The molecule has 0 unspecified atom stereocenters. The molecule has 0 aromatic rings. The second kappa shape index (κ2) is 2.56. The van der Waals surface area contributed by atoms with Crippen molar-refractivity contribution in [1.82, 2.24) is 0 Å². The van der Waals surface area contributed by atoms with Crippen molar-refractivity contribution >= 4 is 0 Å². The van der Waals surface area contributed by atoms with Gasteiger partial charge in [0.1, 0.15) is 0 Å². The van der Waals surface area contributed by atoms with Gasteiger partial charge in [-0.3, -0.25) is 0 Å². The molecule has 2 nitrogen and oxygen atoms in total. The lowest BCUT2D eigenvalue weighted by atomic mass is 10.1. The van der Waals surface area contributed by atoms with E-state index in [1.54, 1.807) is 20.8 Å². The lowest BCUT2D eigenvalue weighted by Crippen LogP contribution is -2.11. The number of hydrogen-bond acceptors (Lipinski definition) is 2. The molecule has 0 aromatic carbocycles. The monoisotopic (exact) mass is 154 g/mol. The van der Waals surface area contributed by atoms with Crippen molar-refractivity contribution in [3.63, 3.8) is 0 Å². The predicted octanol–water partition coefficient (Wildman–Crippen LogP) is 2.76. The Hall–Kier alpha value is -0.610. The molecule has 0 aliphatic heterocycles. The minimum atomic E-state index is -4.53. The van der Waals surface area contributed by atoms with E-state index < -0.39 is 11.8 Å². The Labute approximate surface area is 57.1 Å². The van der Waals surface area contributed by atoms with Gasteiger partial charge < -0.3 is 0 Å². The van der Waals surface area contributed by atoms with Crippen LogP contribution in [-0.4, -0.2) is 11.8 Å². The van der Waals surface area contributed by atoms with Crippen molar-refractivity contribution in [2.45, 2.75) is 32.6 Å². The Kier molecular flexibility index (Phi) is 2.40. The molecular weight excluding hydrogens is 145 g/mol. The van der Waals surface area contributed by atoms with Gasteiger partial charge in [0.05, 0.1) is 5.54 Å². The predicted molar refractivity (Wildman–Crippen MR) is 30.7 cm³/mol. The van der Waals surface area contributed by atoms with Gasteiger partial charge in [-0.05, 0) is 20.8 Å². The summed E-state index contributed by atoms with van der Waals surface area (Å²) in [6.45, 7) is 4.63. The second-order valence-electron chi connectivity index (χ2n) is 2.84. The van der Waals surface area contributed by atoms with Gasteiger partial charge in [0.15, 0.2) is 0 Å². The SMILES string of the molecule is CC(C)(C)N=NC(F)(F)F. The molecule has 0 bridgehead atoms. The number of nitrogens with zero attached hydrogens (tertiary/aromatic N) is 2. The van der Waals surface area contributed by atoms with E-state index in [4.69, 9.17) is 0 Å². The first kappa shape index (κ1) is 9.39. The number of rotatable bonds is 0. The number of halogens is 3. The quantitative estimate of drug-likeness (QED) is 0.378. The van der Waals surface area contributed by atoms with Crippen LogP contribution >= 0.6 is 0 Å². The van der Waals surface area contributed by atoms with E-state index in [2.05, 4.69) is 10.2 Å². The van der Waals surface area contributed by atoms with Crippen molar-refractivity contribution in [2.24, 2.45) is 10.2 Å². The van der Waals surface area contributed by atoms with Gasteiger partial charge in [-0.1, -0.05) is 5.11 Å². The first-order valence-corrected chi connectivity index (χ1v) is 2.71. The summed E-state index contributed by atoms with van der Waals surface area (Å²) in [5, 5.41) is 5.18. The van der Waals surface area contributed by atoms with Gasteiger partial charge >= 0.3 is 6.30 Å². The van der Waals surface area contributed by atoms with Crippen LogP contribution < -0.4 is 0 Å². The molecule has 0 rings (SSSR count). The van der Waals surface area contributed by atoms with E-state index >= 15 is 0 Å². The van der Waals surface area contributed by atoms with Crippen LogP contribution in [0.2, 0.25) is 0 Å². The zero-order valence-electron chi connectivity index (χ0n) is 6.03. The summed E-state index contributed by atoms with van der Waals surface area (Å²) in [5.41, 5.74) is -0.754. The number of hydrogen-bond donors (Lipinski definition) is 0. The van der Waals surface area contributed by atoms with Crippen molar-refractivity contribution in [1.29, 1.82) is 0 Å². The fraction of sp³-hybridized carbons (Fsp3) is 1.00. The molecule has 0 aliphatic carbocycles. The summed E-state index contributed by atoms with van der Waals surface area (Å²) < 4.78 is 34.0. The highest BCUT2D eigenvalue weighted by Crippen LogP contribution is 2.19. The topological polar surface area (TPSA) is 24.7 Å². The Balaban J connectivity index is 4.01. The zero-order valence-corrected chi connectivity index (χ0v) is 6.03. The van der Waals surface area contributed by atoms with E-state index in [-0.39, 0.29) is 0 Å². The summed E-state index contributed by atoms with van der Waals surface area (Å²) in [5.74, 6) is 0. The van der Waals surface area contributed by atoms with Crippen LogP contribution in [0.3, 0.4) is 0 Å². The maximum Gasteiger partial charge on any atom is 0.520 e. The Morgan fingerprint density at radius 2 is 1.30 bits per heavy atom. The molecule has 0 aromatic heterocycles. The lowest BCUT2D eigenvalue weighted by Gasteiger charge is -2.09. The molecule has 0 heterocycles. The van der Waals surface area contributed by atoms with Gasteiger partial charge in [0.25, 0.3) is 0 Å². The third-order valence-electron chi connectivity index (χ3n) is 0.463. The van der Waals surface area contributed by atoms with E-state index in [0.717, 1.165) is 0 Å². The molecule has 0 N–H and O–H groups in total. The molecule has 5 heteroatoms. The molecule has 0 spiro atoms. The van der Waals surface area contributed by atoms with Gasteiger partial charge in [-0.25, -0.2) is 0 Å². The number of azo groups is 1. The van der Waals surface area contributed by atoms with E-state index in [1.807, 2.05) is 0 Å². The first-order chi connectivity index (χ1) is 4.21. The summed E-state index contributed by atoms with van der Waals surface area (Å²) in [6, 6.07) is 0. The highest BCUT2D eigenvalue weighted by molar-refractivity contribution is 4.66. The van der Waals surface area contributed by atoms with Crippen molar-refractivity contribution in [2.75, 3.05) is 0 Å². The molecule has 0 saturated heterocycles. The molecule has 0 saturated carbocycles.